The second-order valence-electron chi connectivity index (χ2n) is 6.00. The summed E-state index contributed by atoms with van der Waals surface area (Å²) in [5.41, 5.74) is 1.29. The molecule has 21 heavy (non-hydrogen) atoms. The maximum absolute atomic E-state index is 9.34. The predicted molar refractivity (Wildman–Crippen MR) is 81.8 cm³/mol. The lowest BCUT2D eigenvalue weighted by Crippen LogP contribution is -2.38. The number of hydrogen-bond donors (Lipinski definition) is 0. The van der Waals surface area contributed by atoms with Crippen molar-refractivity contribution in [3.8, 4) is 17.5 Å². The Balaban J connectivity index is 1.96. The van der Waals surface area contributed by atoms with Gasteiger partial charge in [0.15, 0.2) is 0 Å². The molecule has 4 nitrogen and oxygen atoms in total. The van der Waals surface area contributed by atoms with E-state index in [0.29, 0.717) is 29.3 Å². The number of aromatic nitrogens is 1. The van der Waals surface area contributed by atoms with Gasteiger partial charge in [0, 0.05) is 18.7 Å². The molecule has 1 aromatic heterocycles. The van der Waals surface area contributed by atoms with Gasteiger partial charge < -0.3 is 9.32 Å². The second-order valence-corrected chi connectivity index (χ2v) is 6.00. The molecule has 1 aromatic carbocycles. The monoisotopic (exact) mass is 281 g/mol. The molecule has 1 aliphatic rings. The van der Waals surface area contributed by atoms with Crippen LogP contribution < -0.4 is 4.90 Å². The number of piperidine rings is 1. The Labute approximate surface area is 125 Å². The van der Waals surface area contributed by atoms with Crippen LogP contribution in [0.1, 0.15) is 26.0 Å². The lowest BCUT2D eigenvalue weighted by molar-refractivity contribution is 0.344. The van der Waals surface area contributed by atoms with Crippen LogP contribution in [0, 0.1) is 23.2 Å². The molecule has 0 radical (unpaired) electrons. The molecule has 4 heteroatoms. The van der Waals surface area contributed by atoms with Crippen molar-refractivity contribution in [1.82, 2.24) is 4.98 Å². The minimum Gasteiger partial charge on any atom is -0.419 e. The molecular weight excluding hydrogens is 262 g/mol. The zero-order chi connectivity index (χ0) is 14.8. The van der Waals surface area contributed by atoms with Gasteiger partial charge in [0.1, 0.15) is 6.07 Å². The Morgan fingerprint density at radius 1 is 1.19 bits per heavy atom. The highest BCUT2D eigenvalue weighted by Crippen LogP contribution is 2.32. The quantitative estimate of drug-likeness (QED) is 0.842. The maximum Gasteiger partial charge on any atom is 0.235 e. The average molecular weight is 281 g/mol. The van der Waals surface area contributed by atoms with Gasteiger partial charge in [0.05, 0.1) is 0 Å². The third-order valence-electron chi connectivity index (χ3n) is 3.89. The molecule has 0 bridgehead atoms. The van der Waals surface area contributed by atoms with Crippen LogP contribution in [0.25, 0.3) is 11.5 Å². The fraction of sp³-hybridized carbons (Fsp3) is 0.412. The van der Waals surface area contributed by atoms with Crippen LogP contribution in [0.3, 0.4) is 0 Å². The van der Waals surface area contributed by atoms with Crippen LogP contribution in [0.5, 0.6) is 0 Å². The minimum absolute atomic E-state index is 0.384. The van der Waals surface area contributed by atoms with Gasteiger partial charge in [-0.1, -0.05) is 32.0 Å². The smallest absolute Gasteiger partial charge is 0.235 e. The van der Waals surface area contributed by atoms with Gasteiger partial charge in [-0.2, -0.15) is 10.2 Å². The molecule has 108 valence electrons. The first-order chi connectivity index (χ1) is 10.2. The van der Waals surface area contributed by atoms with Crippen LogP contribution in [0.15, 0.2) is 34.7 Å². The van der Waals surface area contributed by atoms with Gasteiger partial charge >= 0.3 is 0 Å². The average Bonchev–Trinajstić information content (AvgIpc) is 2.91. The first-order valence-electron chi connectivity index (χ1n) is 7.38. The van der Waals surface area contributed by atoms with E-state index in [4.69, 9.17) is 4.42 Å². The molecule has 3 rings (SSSR count). The summed E-state index contributed by atoms with van der Waals surface area (Å²) in [6.45, 7) is 6.32. The topological polar surface area (TPSA) is 53.1 Å². The number of nitrogens with zero attached hydrogens (tertiary/aromatic N) is 3. The molecular formula is C17H19N3O. The summed E-state index contributed by atoms with van der Waals surface area (Å²) in [5, 5.41) is 9.34. The summed E-state index contributed by atoms with van der Waals surface area (Å²) in [5.74, 6) is 2.35. The normalized spacial score (nSPS) is 22.0. The molecule has 0 spiro atoms. The Morgan fingerprint density at radius 3 is 2.48 bits per heavy atom. The third kappa shape index (κ3) is 2.78. The van der Waals surface area contributed by atoms with Crippen LogP contribution >= 0.6 is 0 Å². The van der Waals surface area contributed by atoms with Crippen molar-refractivity contribution < 1.29 is 4.42 Å². The first-order valence-corrected chi connectivity index (χ1v) is 7.38. The van der Waals surface area contributed by atoms with E-state index in [0.717, 1.165) is 18.7 Å². The molecule has 1 aliphatic heterocycles. The van der Waals surface area contributed by atoms with Crippen LogP contribution in [0.2, 0.25) is 0 Å². The summed E-state index contributed by atoms with van der Waals surface area (Å²) < 4.78 is 5.92. The molecule has 2 heterocycles. The van der Waals surface area contributed by atoms with Gasteiger partial charge in [-0.05, 0) is 30.4 Å². The van der Waals surface area contributed by atoms with E-state index in [2.05, 4.69) is 29.8 Å². The van der Waals surface area contributed by atoms with Crippen molar-refractivity contribution in [2.24, 2.45) is 11.8 Å². The Kier molecular flexibility index (Phi) is 3.66. The van der Waals surface area contributed by atoms with Gasteiger partial charge in [-0.25, -0.2) is 0 Å². The number of anilines is 1. The Bertz CT molecular complexity index is 646. The number of hydrogen-bond acceptors (Lipinski definition) is 4. The molecule has 2 aromatic rings. The number of benzene rings is 1. The molecule has 2 unspecified atom stereocenters. The number of oxazole rings is 1. The molecule has 0 aliphatic carbocycles. The maximum atomic E-state index is 9.34. The molecule has 1 fully saturated rings. The molecule has 0 saturated carbocycles. The highest BCUT2D eigenvalue weighted by atomic mass is 16.4. The van der Waals surface area contributed by atoms with Crippen molar-refractivity contribution in [2.75, 3.05) is 18.0 Å². The van der Waals surface area contributed by atoms with E-state index in [-0.39, 0.29) is 0 Å². The van der Waals surface area contributed by atoms with Crippen molar-refractivity contribution in [3.63, 3.8) is 0 Å². The van der Waals surface area contributed by atoms with E-state index < -0.39 is 0 Å². The highest BCUT2D eigenvalue weighted by molar-refractivity contribution is 5.59. The van der Waals surface area contributed by atoms with Crippen LogP contribution in [0.4, 0.5) is 5.88 Å². The van der Waals surface area contributed by atoms with E-state index in [1.54, 1.807) is 0 Å². The Morgan fingerprint density at radius 2 is 1.86 bits per heavy atom. The summed E-state index contributed by atoms with van der Waals surface area (Å²) in [6.07, 6.45) is 1.22. The molecule has 2 atom stereocenters. The molecule has 0 amide bonds. The van der Waals surface area contributed by atoms with Crippen molar-refractivity contribution in [3.05, 3.63) is 36.0 Å². The van der Waals surface area contributed by atoms with E-state index in [9.17, 15) is 5.26 Å². The fourth-order valence-corrected chi connectivity index (χ4v) is 3.13. The standard InChI is InChI=1S/C17H19N3O/c1-12-8-13(2)11-20(10-12)17-15(9-18)19-16(21-17)14-6-4-3-5-7-14/h3-7,12-13H,8,10-11H2,1-2H3. The zero-order valence-electron chi connectivity index (χ0n) is 12.4. The molecule has 1 saturated heterocycles. The number of nitriles is 1. The molecule has 0 N–H and O–H groups in total. The third-order valence-corrected chi connectivity index (χ3v) is 3.89. The first kappa shape index (κ1) is 13.7. The lowest BCUT2D eigenvalue weighted by atomic mass is 9.92. The van der Waals surface area contributed by atoms with Crippen LogP contribution in [-0.4, -0.2) is 18.1 Å². The fourth-order valence-electron chi connectivity index (χ4n) is 3.13. The van der Waals surface area contributed by atoms with Crippen molar-refractivity contribution >= 4 is 5.88 Å². The summed E-state index contributed by atoms with van der Waals surface area (Å²) in [4.78, 5) is 6.52. The summed E-state index contributed by atoms with van der Waals surface area (Å²) >= 11 is 0. The second kappa shape index (κ2) is 5.61. The Hall–Kier alpha value is -2.28. The highest BCUT2D eigenvalue weighted by Gasteiger charge is 2.27. The number of rotatable bonds is 2. The van der Waals surface area contributed by atoms with Gasteiger partial charge in [-0.15, -0.1) is 0 Å². The summed E-state index contributed by atoms with van der Waals surface area (Å²) in [6, 6.07) is 11.9. The van der Waals surface area contributed by atoms with Gasteiger partial charge in [0.25, 0.3) is 0 Å². The van der Waals surface area contributed by atoms with Crippen molar-refractivity contribution in [2.45, 2.75) is 20.3 Å². The van der Waals surface area contributed by atoms with E-state index in [1.807, 2.05) is 30.3 Å². The van der Waals surface area contributed by atoms with Gasteiger partial charge in [-0.3, -0.25) is 0 Å². The SMILES string of the molecule is CC1CC(C)CN(c2oc(-c3ccccc3)nc2C#N)C1. The zero-order valence-corrected chi connectivity index (χ0v) is 12.4. The predicted octanol–water partition coefficient (Wildman–Crippen LogP) is 3.70. The minimum atomic E-state index is 0.384. The van der Waals surface area contributed by atoms with Crippen molar-refractivity contribution in [1.29, 1.82) is 5.26 Å². The largest absolute Gasteiger partial charge is 0.419 e. The summed E-state index contributed by atoms with van der Waals surface area (Å²) in [7, 11) is 0. The lowest BCUT2D eigenvalue weighted by Gasteiger charge is -2.34. The van der Waals surface area contributed by atoms with E-state index in [1.165, 1.54) is 6.42 Å². The van der Waals surface area contributed by atoms with E-state index >= 15 is 0 Å². The van der Waals surface area contributed by atoms with Gasteiger partial charge in [0.2, 0.25) is 17.5 Å². The van der Waals surface area contributed by atoms with Crippen LogP contribution in [-0.2, 0) is 0 Å².